The molecule has 1 aromatic rings. The van der Waals surface area contributed by atoms with E-state index in [1.807, 2.05) is 24.1 Å². The van der Waals surface area contributed by atoms with Gasteiger partial charge in [0.15, 0.2) is 0 Å². The van der Waals surface area contributed by atoms with Crippen LogP contribution in [0.15, 0.2) is 24.3 Å². The van der Waals surface area contributed by atoms with Gasteiger partial charge in [0.05, 0.1) is 6.10 Å². The summed E-state index contributed by atoms with van der Waals surface area (Å²) in [4.78, 5) is 13.9. The van der Waals surface area contributed by atoms with Crippen LogP contribution in [0.25, 0.3) is 0 Å². The van der Waals surface area contributed by atoms with E-state index in [0.29, 0.717) is 6.42 Å². The Morgan fingerprint density at radius 1 is 1.42 bits per heavy atom. The minimum atomic E-state index is 0.207. The van der Waals surface area contributed by atoms with Gasteiger partial charge < -0.3 is 9.64 Å². The third-order valence-electron chi connectivity index (χ3n) is 3.80. The fourth-order valence-corrected chi connectivity index (χ4v) is 2.52. The topological polar surface area (TPSA) is 29.5 Å². The summed E-state index contributed by atoms with van der Waals surface area (Å²) in [6, 6.07) is 8.26. The average Bonchev–Trinajstić information content (AvgIpc) is 2.90. The number of ether oxygens (including phenoxy) is 1. The van der Waals surface area contributed by atoms with Crippen molar-refractivity contribution in [3.8, 4) is 0 Å². The van der Waals surface area contributed by atoms with E-state index in [4.69, 9.17) is 4.74 Å². The number of rotatable bonds is 5. The first-order valence-corrected chi connectivity index (χ1v) is 7.07. The predicted octanol–water partition coefficient (Wildman–Crippen LogP) is 2.57. The molecule has 1 aromatic carbocycles. The Morgan fingerprint density at radius 2 is 2.21 bits per heavy atom. The van der Waals surface area contributed by atoms with Crippen LogP contribution in [0.4, 0.5) is 0 Å². The Labute approximate surface area is 115 Å². The summed E-state index contributed by atoms with van der Waals surface area (Å²) in [5, 5.41) is 0. The normalized spacial score (nSPS) is 18.5. The molecule has 3 nitrogen and oxygen atoms in total. The zero-order valence-corrected chi connectivity index (χ0v) is 11.9. The number of benzene rings is 1. The van der Waals surface area contributed by atoms with Gasteiger partial charge in [0, 0.05) is 26.6 Å². The molecule has 1 aliphatic rings. The minimum absolute atomic E-state index is 0.207. The zero-order chi connectivity index (χ0) is 13.7. The molecule has 0 radical (unpaired) electrons. The van der Waals surface area contributed by atoms with Gasteiger partial charge in [-0.25, -0.2) is 0 Å². The van der Waals surface area contributed by atoms with Gasteiger partial charge in [-0.2, -0.15) is 0 Å². The fourth-order valence-electron chi connectivity index (χ4n) is 2.52. The Kier molecular flexibility index (Phi) is 4.97. The van der Waals surface area contributed by atoms with Crippen molar-refractivity contribution in [3.63, 3.8) is 0 Å². The molecule has 0 spiro atoms. The van der Waals surface area contributed by atoms with Crippen molar-refractivity contribution >= 4 is 5.91 Å². The summed E-state index contributed by atoms with van der Waals surface area (Å²) < 4.78 is 5.56. The van der Waals surface area contributed by atoms with E-state index in [-0.39, 0.29) is 12.0 Å². The second-order valence-electron chi connectivity index (χ2n) is 5.34. The maximum Gasteiger partial charge on any atom is 0.222 e. The van der Waals surface area contributed by atoms with Crippen LogP contribution in [-0.4, -0.2) is 37.1 Å². The SMILES string of the molecule is Cc1ccccc1CCC(=O)N(C)CC1CCCO1. The number of nitrogens with zero attached hydrogens (tertiary/aromatic N) is 1. The highest BCUT2D eigenvalue weighted by molar-refractivity contribution is 5.76. The minimum Gasteiger partial charge on any atom is -0.376 e. The number of aryl methyl sites for hydroxylation is 2. The highest BCUT2D eigenvalue weighted by atomic mass is 16.5. The van der Waals surface area contributed by atoms with Crippen LogP contribution in [0.5, 0.6) is 0 Å². The second-order valence-corrected chi connectivity index (χ2v) is 5.34. The highest BCUT2D eigenvalue weighted by Crippen LogP contribution is 2.14. The Balaban J connectivity index is 1.78. The summed E-state index contributed by atoms with van der Waals surface area (Å²) in [6.45, 7) is 3.67. The zero-order valence-electron chi connectivity index (χ0n) is 11.9. The van der Waals surface area contributed by atoms with Crippen LogP contribution in [0.3, 0.4) is 0 Å². The second kappa shape index (κ2) is 6.71. The molecule has 1 aliphatic heterocycles. The largest absolute Gasteiger partial charge is 0.376 e. The molecular formula is C16H23NO2. The fraction of sp³-hybridized carbons (Fsp3) is 0.562. The van der Waals surface area contributed by atoms with Gasteiger partial charge in [-0.05, 0) is 37.3 Å². The Hall–Kier alpha value is -1.35. The van der Waals surface area contributed by atoms with Crippen molar-refractivity contribution < 1.29 is 9.53 Å². The van der Waals surface area contributed by atoms with E-state index in [2.05, 4.69) is 19.1 Å². The van der Waals surface area contributed by atoms with Crippen LogP contribution in [0.1, 0.15) is 30.4 Å². The standard InChI is InChI=1S/C16H23NO2/c1-13-6-3-4-7-14(13)9-10-16(18)17(2)12-15-8-5-11-19-15/h3-4,6-7,15H,5,8-12H2,1-2H3. The number of likely N-dealkylation sites (N-methyl/N-ethyl adjacent to an activating group) is 1. The maximum atomic E-state index is 12.1. The van der Waals surface area contributed by atoms with E-state index in [0.717, 1.165) is 32.4 Å². The molecule has 0 aliphatic carbocycles. The molecule has 0 bridgehead atoms. The third kappa shape index (κ3) is 4.06. The smallest absolute Gasteiger partial charge is 0.222 e. The van der Waals surface area contributed by atoms with Gasteiger partial charge in [-0.1, -0.05) is 24.3 Å². The monoisotopic (exact) mass is 261 g/mol. The first-order chi connectivity index (χ1) is 9.16. The molecule has 1 atom stereocenters. The number of hydrogen-bond donors (Lipinski definition) is 0. The van der Waals surface area contributed by atoms with E-state index < -0.39 is 0 Å². The number of carbonyl (C=O) groups is 1. The van der Waals surface area contributed by atoms with Gasteiger partial charge >= 0.3 is 0 Å². The van der Waals surface area contributed by atoms with Gasteiger partial charge in [-0.3, -0.25) is 4.79 Å². The molecule has 1 saturated heterocycles. The quantitative estimate of drug-likeness (QED) is 0.815. The Morgan fingerprint density at radius 3 is 2.89 bits per heavy atom. The van der Waals surface area contributed by atoms with E-state index in [1.54, 1.807) is 0 Å². The first-order valence-electron chi connectivity index (χ1n) is 7.07. The molecule has 1 fully saturated rings. The summed E-state index contributed by atoms with van der Waals surface area (Å²) in [7, 11) is 1.88. The van der Waals surface area contributed by atoms with Gasteiger partial charge in [0.1, 0.15) is 0 Å². The van der Waals surface area contributed by atoms with Crippen molar-refractivity contribution in [3.05, 3.63) is 35.4 Å². The van der Waals surface area contributed by atoms with Gasteiger partial charge in [0.25, 0.3) is 0 Å². The van der Waals surface area contributed by atoms with Crippen LogP contribution in [-0.2, 0) is 16.0 Å². The van der Waals surface area contributed by atoms with Crippen molar-refractivity contribution in [2.45, 2.75) is 38.7 Å². The van der Waals surface area contributed by atoms with Crippen molar-refractivity contribution in [2.24, 2.45) is 0 Å². The first kappa shape index (κ1) is 14.1. The predicted molar refractivity (Wildman–Crippen MR) is 76.1 cm³/mol. The lowest BCUT2D eigenvalue weighted by molar-refractivity contribution is -0.131. The molecule has 3 heteroatoms. The molecular weight excluding hydrogens is 238 g/mol. The molecule has 2 rings (SSSR count). The van der Waals surface area contributed by atoms with E-state index >= 15 is 0 Å². The summed E-state index contributed by atoms with van der Waals surface area (Å²) in [6.07, 6.45) is 3.84. The third-order valence-corrected chi connectivity index (χ3v) is 3.80. The van der Waals surface area contributed by atoms with Crippen molar-refractivity contribution in [2.75, 3.05) is 20.2 Å². The van der Waals surface area contributed by atoms with Gasteiger partial charge in [0.2, 0.25) is 5.91 Å². The van der Waals surface area contributed by atoms with Crippen LogP contribution in [0, 0.1) is 6.92 Å². The summed E-state index contributed by atoms with van der Waals surface area (Å²) >= 11 is 0. The summed E-state index contributed by atoms with van der Waals surface area (Å²) in [5.74, 6) is 0.207. The molecule has 0 aromatic heterocycles. The van der Waals surface area contributed by atoms with Crippen LogP contribution < -0.4 is 0 Å². The van der Waals surface area contributed by atoms with Crippen molar-refractivity contribution in [1.82, 2.24) is 4.90 Å². The van der Waals surface area contributed by atoms with Gasteiger partial charge in [-0.15, -0.1) is 0 Å². The molecule has 19 heavy (non-hydrogen) atoms. The maximum absolute atomic E-state index is 12.1. The summed E-state index contributed by atoms with van der Waals surface area (Å²) in [5.41, 5.74) is 2.53. The molecule has 1 amide bonds. The van der Waals surface area contributed by atoms with Crippen molar-refractivity contribution in [1.29, 1.82) is 0 Å². The number of amides is 1. The average molecular weight is 261 g/mol. The molecule has 104 valence electrons. The van der Waals surface area contributed by atoms with Crippen LogP contribution >= 0.6 is 0 Å². The molecule has 1 heterocycles. The molecule has 0 N–H and O–H groups in total. The lowest BCUT2D eigenvalue weighted by Crippen LogP contribution is -2.34. The van der Waals surface area contributed by atoms with Crippen LogP contribution in [0.2, 0.25) is 0 Å². The number of carbonyl (C=O) groups excluding carboxylic acids is 1. The number of hydrogen-bond acceptors (Lipinski definition) is 2. The van der Waals surface area contributed by atoms with E-state index in [9.17, 15) is 4.79 Å². The lowest BCUT2D eigenvalue weighted by Gasteiger charge is -2.21. The lowest BCUT2D eigenvalue weighted by atomic mass is 10.0. The highest BCUT2D eigenvalue weighted by Gasteiger charge is 2.19. The molecule has 0 saturated carbocycles. The molecule has 1 unspecified atom stereocenters. The van der Waals surface area contributed by atoms with E-state index in [1.165, 1.54) is 11.1 Å². The Bertz CT molecular complexity index is 425.